The highest BCUT2D eigenvalue weighted by Gasteiger charge is 2.05. The summed E-state index contributed by atoms with van der Waals surface area (Å²) in [6, 6.07) is 19.7. The topological polar surface area (TPSA) is 59.9 Å². The highest BCUT2D eigenvalue weighted by atomic mass is 79.9. The number of hydrazone groups is 1. The molecule has 5 nitrogen and oxygen atoms in total. The van der Waals surface area contributed by atoms with Crippen molar-refractivity contribution in [1.82, 2.24) is 5.43 Å². The molecular weight excluding hydrogens is 491 g/mol. The normalized spacial score (nSPS) is 10.8. The van der Waals surface area contributed by atoms with E-state index in [1.165, 1.54) is 6.21 Å². The Labute approximate surface area is 192 Å². The van der Waals surface area contributed by atoms with Gasteiger partial charge in [-0.3, -0.25) is 4.79 Å². The molecule has 0 fully saturated rings. The summed E-state index contributed by atoms with van der Waals surface area (Å²) in [5.41, 5.74) is 4.12. The van der Waals surface area contributed by atoms with E-state index in [9.17, 15) is 4.79 Å². The van der Waals surface area contributed by atoms with Crippen LogP contribution >= 0.6 is 39.1 Å². The van der Waals surface area contributed by atoms with Crippen molar-refractivity contribution in [3.63, 3.8) is 0 Å². The van der Waals surface area contributed by atoms with Crippen molar-refractivity contribution in [2.75, 3.05) is 6.61 Å². The number of hydrogen-bond donors (Lipinski definition) is 1. The summed E-state index contributed by atoms with van der Waals surface area (Å²) < 4.78 is 12.1. The molecule has 154 valence electrons. The summed E-state index contributed by atoms with van der Waals surface area (Å²) in [5, 5.41) is 5.26. The Balaban J connectivity index is 1.55. The van der Waals surface area contributed by atoms with Crippen LogP contribution in [0.15, 0.2) is 76.3 Å². The molecule has 8 heteroatoms. The Morgan fingerprint density at radius 1 is 0.967 bits per heavy atom. The van der Waals surface area contributed by atoms with Crippen LogP contribution in [0.25, 0.3) is 0 Å². The third-order valence-corrected chi connectivity index (χ3v) is 4.85. The van der Waals surface area contributed by atoms with Gasteiger partial charge in [-0.2, -0.15) is 5.10 Å². The van der Waals surface area contributed by atoms with E-state index in [2.05, 4.69) is 26.5 Å². The second-order valence-electron chi connectivity index (χ2n) is 6.13. The number of benzene rings is 3. The number of nitrogens with one attached hydrogen (secondary N) is 1. The molecule has 1 N–H and O–H groups in total. The van der Waals surface area contributed by atoms with Crippen LogP contribution in [0.3, 0.4) is 0 Å². The van der Waals surface area contributed by atoms with Crippen molar-refractivity contribution in [1.29, 1.82) is 0 Å². The number of carbonyl (C=O) groups is 1. The fourth-order valence-electron chi connectivity index (χ4n) is 2.38. The van der Waals surface area contributed by atoms with Gasteiger partial charge in [0.2, 0.25) is 0 Å². The van der Waals surface area contributed by atoms with E-state index in [1.54, 1.807) is 24.3 Å². The first-order valence-electron chi connectivity index (χ1n) is 8.87. The molecule has 0 aliphatic rings. The molecule has 3 rings (SSSR count). The lowest BCUT2D eigenvalue weighted by atomic mass is 10.2. The van der Waals surface area contributed by atoms with Crippen LogP contribution in [0.2, 0.25) is 10.0 Å². The molecule has 30 heavy (non-hydrogen) atoms. The van der Waals surface area contributed by atoms with Crippen LogP contribution in [0.1, 0.15) is 11.1 Å². The van der Waals surface area contributed by atoms with Crippen LogP contribution in [-0.2, 0) is 11.4 Å². The van der Waals surface area contributed by atoms with Gasteiger partial charge in [0, 0.05) is 20.1 Å². The Morgan fingerprint density at radius 2 is 1.63 bits per heavy atom. The molecule has 0 spiro atoms. The van der Waals surface area contributed by atoms with Crippen LogP contribution < -0.4 is 14.9 Å². The highest BCUT2D eigenvalue weighted by Crippen LogP contribution is 2.23. The number of hydrogen-bond acceptors (Lipinski definition) is 4. The zero-order valence-electron chi connectivity index (χ0n) is 15.6. The minimum atomic E-state index is -0.389. The average Bonchev–Trinajstić information content (AvgIpc) is 2.74. The van der Waals surface area contributed by atoms with Crippen molar-refractivity contribution in [2.24, 2.45) is 5.10 Å². The van der Waals surface area contributed by atoms with Crippen molar-refractivity contribution in [3.8, 4) is 11.5 Å². The number of ether oxygens (including phenoxy) is 2. The highest BCUT2D eigenvalue weighted by molar-refractivity contribution is 9.10. The molecular formula is C22H17BrCl2N2O3. The van der Waals surface area contributed by atoms with E-state index >= 15 is 0 Å². The standard InChI is InChI=1S/C22H17BrCl2N2O3/c23-17-3-10-21(30-13-15-1-4-18(24)5-2-15)16(11-17)12-26-27-22(28)14-29-20-8-6-19(25)7-9-20/h1-12H,13-14H2,(H,27,28)/b26-12-. The largest absolute Gasteiger partial charge is 0.488 e. The van der Waals surface area contributed by atoms with Crippen molar-refractivity contribution < 1.29 is 14.3 Å². The summed E-state index contributed by atoms with van der Waals surface area (Å²) >= 11 is 15.1. The van der Waals surface area contributed by atoms with E-state index in [0.717, 1.165) is 10.0 Å². The first-order valence-corrected chi connectivity index (χ1v) is 10.4. The van der Waals surface area contributed by atoms with Gasteiger partial charge in [-0.05, 0) is 60.2 Å². The molecule has 0 bridgehead atoms. The van der Waals surface area contributed by atoms with Crippen molar-refractivity contribution in [3.05, 3.63) is 92.4 Å². The van der Waals surface area contributed by atoms with E-state index < -0.39 is 0 Å². The van der Waals surface area contributed by atoms with Gasteiger partial charge in [0.1, 0.15) is 18.1 Å². The van der Waals surface area contributed by atoms with Gasteiger partial charge in [-0.25, -0.2) is 5.43 Å². The lowest BCUT2D eigenvalue weighted by Crippen LogP contribution is -2.24. The number of rotatable bonds is 8. The van der Waals surface area contributed by atoms with Crippen molar-refractivity contribution >= 4 is 51.3 Å². The lowest BCUT2D eigenvalue weighted by molar-refractivity contribution is -0.123. The van der Waals surface area contributed by atoms with Crippen LogP contribution in [0, 0.1) is 0 Å². The Morgan fingerprint density at radius 3 is 2.33 bits per heavy atom. The monoisotopic (exact) mass is 506 g/mol. The Bertz CT molecular complexity index is 1030. The molecule has 0 aliphatic carbocycles. The predicted octanol–water partition coefficient (Wildman–Crippen LogP) is 5.86. The van der Waals surface area contributed by atoms with E-state index in [0.29, 0.717) is 33.7 Å². The molecule has 0 radical (unpaired) electrons. The van der Waals surface area contributed by atoms with Gasteiger partial charge in [-0.15, -0.1) is 0 Å². The van der Waals surface area contributed by atoms with Gasteiger partial charge < -0.3 is 9.47 Å². The molecule has 0 unspecified atom stereocenters. The first-order chi connectivity index (χ1) is 14.5. The third-order valence-electron chi connectivity index (χ3n) is 3.86. The number of halogens is 3. The molecule has 0 atom stereocenters. The van der Waals surface area contributed by atoms with Gasteiger partial charge in [0.15, 0.2) is 6.61 Å². The van der Waals surface area contributed by atoms with E-state index in [4.69, 9.17) is 32.7 Å². The van der Waals surface area contributed by atoms with Gasteiger partial charge in [0.05, 0.1) is 6.21 Å². The average molecular weight is 508 g/mol. The van der Waals surface area contributed by atoms with Crippen molar-refractivity contribution in [2.45, 2.75) is 6.61 Å². The Hall–Kier alpha value is -2.54. The van der Waals surface area contributed by atoms with Crippen LogP contribution in [0.5, 0.6) is 11.5 Å². The SMILES string of the molecule is O=C(COc1ccc(Cl)cc1)N/N=C\c1cc(Br)ccc1OCc1ccc(Cl)cc1. The summed E-state index contributed by atoms with van der Waals surface area (Å²) in [6.07, 6.45) is 1.52. The number of carbonyl (C=O) groups excluding carboxylic acids is 1. The number of amides is 1. The summed E-state index contributed by atoms with van der Waals surface area (Å²) in [5.74, 6) is 0.784. The van der Waals surface area contributed by atoms with E-state index in [-0.39, 0.29) is 12.5 Å². The maximum absolute atomic E-state index is 11.9. The third kappa shape index (κ3) is 7.06. The minimum absolute atomic E-state index is 0.169. The molecule has 1 amide bonds. The minimum Gasteiger partial charge on any atom is -0.488 e. The molecule has 3 aromatic carbocycles. The number of nitrogens with zero attached hydrogens (tertiary/aromatic N) is 1. The van der Waals surface area contributed by atoms with Gasteiger partial charge >= 0.3 is 0 Å². The van der Waals surface area contributed by atoms with Crippen LogP contribution in [-0.4, -0.2) is 18.7 Å². The maximum Gasteiger partial charge on any atom is 0.277 e. The first kappa shape index (κ1) is 22.2. The zero-order valence-corrected chi connectivity index (χ0v) is 18.7. The van der Waals surface area contributed by atoms with Crippen LogP contribution in [0.4, 0.5) is 0 Å². The van der Waals surface area contributed by atoms with Gasteiger partial charge in [0.25, 0.3) is 5.91 Å². The molecule has 0 aromatic heterocycles. The predicted molar refractivity (Wildman–Crippen MR) is 123 cm³/mol. The summed E-state index contributed by atoms with van der Waals surface area (Å²) in [7, 11) is 0. The second kappa shape index (κ2) is 11.0. The van der Waals surface area contributed by atoms with Gasteiger partial charge in [-0.1, -0.05) is 51.3 Å². The van der Waals surface area contributed by atoms with E-state index in [1.807, 2.05) is 42.5 Å². The fourth-order valence-corrected chi connectivity index (χ4v) is 3.01. The fraction of sp³-hybridized carbons (Fsp3) is 0.0909. The quantitative estimate of drug-likeness (QED) is 0.306. The molecule has 0 saturated carbocycles. The Kier molecular flexibility index (Phi) is 8.13. The second-order valence-corrected chi connectivity index (χ2v) is 7.92. The summed E-state index contributed by atoms with van der Waals surface area (Å²) in [6.45, 7) is 0.207. The molecule has 0 saturated heterocycles. The molecule has 0 aliphatic heterocycles. The lowest BCUT2D eigenvalue weighted by Gasteiger charge is -2.10. The smallest absolute Gasteiger partial charge is 0.277 e. The summed E-state index contributed by atoms with van der Waals surface area (Å²) in [4.78, 5) is 11.9. The molecule has 0 heterocycles. The zero-order chi connectivity index (χ0) is 21.3. The molecule has 3 aromatic rings. The maximum atomic E-state index is 11.9.